The van der Waals surface area contributed by atoms with E-state index >= 15 is 0 Å². The molecule has 1 saturated carbocycles. The molecule has 1 N–H and O–H groups in total. The van der Waals surface area contributed by atoms with Crippen LogP contribution in [0.15, 0.2) is 18.3 Å². The Kier molecular flexibility index (Phi) is 3.73. The molecule has 1 aromatic rings. The number of pyridine rings is 1. The summed E-state index contributed by atoms with van der Waals surface area (Å²) in [4.78, 5) is 13.9. The smallest absolute Gasteiger partial charge is 0.406 e. The molecule has 0 spiro atoms. The number of likely N-dealkylation sites (N-methyl/N-ethyl adjacent to an activating group) is 1. The zero-order valence-electron chi connectivity index (χ0n) is 10.2. The summed E-state index contributed by atoms with van der Waals surface area (Å²) in [6, 6.07) is 3.37. The minimum atomic E-state index is -0.550. The number of nitrogens with one attached hydrogen (secondary N) is 1. The number of nitro groups is 1. The Morgan fingerprint density at radius 2 is 2.39 bits per heavy atom. The van der Waals surface area contributed by atoms with E-state index in [2.05, 4.69) is 10.3 Å². The summed E-state index contributed by atoms with van der Waals surface area (Å²) in [6.45, 7) is 0. The Morgan fingerprint density at radius 1 is 1.61 bits per heavy atom. The third kappa shape index (κ3) is 2.27. The molecular formula is C11H15N3O4. The van der Waals surface area contributed by atoms with E-state index in [9.17, 15) is 10.1 Å². The van der Waals surface area contributed by atoms with Crippen molar-refractivity contribution in [1.82, 2.24) is 10.3 Å². The Balaban J connectivity index is 2.09. The summed E-state index contributed by atoms with van der Waals surface area (Å²) >= 11 is 0. The van der Waals surface area contributed by atoms with Gasteiger partial charge in [-0.3, -0.25) is 0 Å². The van der Waals surface area contributed by atoms with Crippen molar-refractivity contribution in [2.45, 2.75) is 24.7 Å². The minimum absolute atomic E-state index is 0.102. The van der Waals surface area contributed by atoms with Gasteiger partial charge in [-0.15, -0.1) is 0 Å². The molecule has 7 nitrogen and oxygen atoms in total. The lowest BCUT2D eigenvalue weighted by Gasteiger charge is -2.42. The van der Waals surface area contributed by atoms with Gasteiger partial charge in [0.15, 0.2) is 0 Å². The molecule has 18 heavy (non-hydrogen) atoms. The maximum atomic E-state index is 10.8. The Morgan fingerprint density at radius 3 is 3.00 bits per heavy atom. The zero-order valence-corrected chi connectivity index (χ0v) is 10.2. The van der Waals surface area contributed by atoms with Crippen molar-refractivity contribution in [3.8, 4) is 5.75 Å². The Labute approximate surface area is 104 Å². The highest BCUT2D eigenvalue weighted by atomic mass is 16.6. The van der Waals surface area contributed by atoms with Crippen LogP contribution in [0.5, 0.6) is 5.75 Å². The van der Waals surface area contributed by atoms with Crippen LogP contribution in [0.25, 0.3) is 0 Å². The molecule has 1 aromatic heterocycles. The van der Waals surface area contributed by atoms with Crippen LogP contribution in [0.2, 0.25) is 0 Å². The number of rotatable bonds is 5. The second-order valence-electron chi connectivity index (χ2n) is 4.07. The quantitative estimate of drug-likeness (QED) is 0.615. The molecule has 0 amide bonds. The number of hydrogen-bond acceptors (Lipinski definition) is 6. The van der Waals surface area contributed by atoms with Crippen molar-refractivity contribution in [1.29, 1.82) is 0 Å². The van der Waals surface area contributed by atoms with E-state index in [-0.39, 0.29) is 29.8 Å². The molecule has 3 unspecified atom stereocenters. The first-order chi connectivity index (χ1) is 8.67. The number of methoxy groups -OCH3 is 1. The number of ether oxygens (including phenoxy) is 2. The average Bonchev–Trinajstić information content (AvgIpc) is 2.34. The molecule has 0 saturated heterocycles. The molecule has 0 bridgehead atoms. The Hall–Kier alpha value is -1.73. The molecule has 7 heteroatoms. The third-order valence-corrected chi connectivity index (χ3v) is 3.09. The van der Waals surface area contributed by atoms with Gasteiger partial charge in [0.1, 0.15) is 18.4 Å². The average molecular weight is 253 g/mol. The van der Waals surface area contributed by atoms with Crippen molar-refractivity contribution in [3.63, 3.8) is 0 Å². The molecule has 3 atom stereocenters. The Bertz CT molecular complexity index is 440. The highest BCUT2D eigenvalue weighted by molar-refractivity contribution is 5.39. The first-order valence-corrected chi connectivity index (χ1v) is 5.63. The van der Waals surface area contributed by atoms with Crippen molar-refractivity contribution >= 4 is 5.82 Å². The molecule has 1 heterocycles. The number of aromatic nitrogens is 1. The van der Waals surface area contributed by atoms with Crippen LogP contribution in [0.1, 0.15) is 6.42 Å². The molecule has 2 rings (SSSR count). The second kappa shape index (κ2) is 5.28. The van der Waals surface area contributed by atoms with Crippen molar-refractivity contribution in [2.24, 2.45) is 0 Å². The SMILES string of the molecule is CNC1CC(Oc2cccnc2[N+](=O)[O-])C1OC. The van der Waals surface area contributed by atoms with E-state index in [0.29, 0.717) is 0 Å². The molecule has 1 fully saturated rings. The highest BCUT2D eigenvalue weighted by Gasteiger charge is 2.43. The molecular weight excluding hydrogens is 238 g/mol. The van der Waals surface area contributed by atoms with E-state index in [0.717, 1.165) is 6.42 Å². The van der Waals surface area contributed by atoms with Gasteiger partial charge in [-0.2, -0.15) is 0 Å². The van der Waals surface area contributed by atoms with Crippen molar-refractivity contribution in [3.05, 3.63) is 28.4 Å². The van der Waals surface area contributed by atoms with Crippen LogP contribution < -0.4 is 10.1 Å². The monoisotopic (exact) mass is 253 g/mol. The fraction of sp³-hybridized carbons (Fsp3) is 0.545. The predicted molar refractivity (Wildman–Crippen MR) is 63.6 cm³/mol. The lowest BCUT2D eigenvalue weighted by Crippen LogP contribution is -2.60. The molecule has 1 aliphatic rings. The van der Waals surface area contributed by atoms with E-state index in [1.165, 1.54) is 6.20 Å². The summed E-state index contributed by atoms with van der Waals surface area (Å²) in [5.74, 6) is -0.0793. The molecule has 0 aromatic carbocycles. The van der Waals surface area contributed by atoms with Gasteiger partial charge in [0.05, 0.1) is 0 Å². The van der Waals surface area contributed by atoms with E-state index in [1.807, 2.05) is 7.05 Å². The van der Waals surface area contributed by atoms with Crippen LogP contribution in [0.3, 0.4) is 0 Å². The topological polar surface area (TPSA) is 86.5 Å². The highest BCUT2D eigenvalue weighted by Crippen LogP contribution is 2.32. The fourth-order valence-corrected chi connectivity index (χ4v) is 2.07. The molecule has 0 aliphatic heterocycles. The maximum Gasteiger partial charge on any atom is 0.406 e. The van der Waals surface area contributed by atoms with Gasteiger partial charge in [-0.1, -0.05) is 0 Å². The molecule has 98 valence electrons. The standard InChI is InChI=1S/C11H15N3O4/c1-12-7-6-9(10(7)17-2)18-8-4-3-5-13-11(8)14(15)16/h3-5,7,9-10,12H,6H2,1-2H3. The van der Waals surface area contributed by atoms with E-state index in [4.69, 9.17) is 9.47 Å². The maximum absolute atomic E-state index is 10.8. The van der Waals surface area contributed by atoms with Crippen molar-refractivity contribution in [2.75, 3.05) is 14.2 Å². The van der Waals surface area contributed by atoms with Crippen LogP contribution in [-0.2, 0) is 4.74 Å². The lowest BCUT2D eigenvalue weighted by atomic mass is 9.85. The summed E-state index contributed by atoms with van der Waals surface area (Å²) in [5, 5.41) is 13.9. The van der Waals surface area contributed by atoms with Gasteiger partial charge in [-0.05, 0) is 29.1 Å². The summed E-state index contributed by atoms with van der Waals surface area (Å²) in [7, 11) is 3.45. The van der Waals surface area contributed by atoms with Gasteiger partial charge in [0.25, 0.3) is 0 Å². The summed E-state index contributed by atoms with van der Waals surface area (Å²) in [6.07, 6.45) is 1.84. The van der Waals surface area contributed by atoms with Gasteiger partial charge in [0.2, 0.25) is 5.75 Å². The number of nitrogens with zero attached hydrogens (tertiary/aromatic N) is 2. The van der Waals surface area contributed by atoms with Crippen LogP contribution in [-0.4, -0.2) is 42.3 Å². The van der Waals surface area contributed by atoms with Gasteiger partial charge < -0.3 is 24.9 Å². The lowest BCUT2D eigenvalue weighted by molar-refractivity contribution is -0.391. The number of hydrogen-bond donors (Lipinski definition) is 1. The van der Waals surface area contributed by atoms with Gasteiger partial charge in [-0.25, -0.2) is 0 Å². The van der Waals surface area contributed by atoms with Crippen LogP contribution in [0, 0.1) is 10.1 Å². The van der Waals surface area contributed by atoms with Crippen molar-refractivity contribution < 1.29 is 14.4 Å². The fourth-order valence-electron chi connectivity index (χ4n) is 2.07. The largest absolute Gasteiger partial charge is 0.479 e. The molecule has 1 aliphatic carbocycles. The van der Waals surface area contributed by atoms with Gasteiger partial charge >= 0.3 is 5.82 Å². The van der Waals surface area contributed by atoms with Crippen LogP contribution in [0.4, 0.5) is 5.82 Å². The third-order valence-electron chi connectivity index (χ3n) is 3.09. The summed E-state index contributed by atoms with van der Waals surface area (Å²) < 4.78 is 10.9. The van der Waals surface area contributed by atoms with E-state index in [1.54, 1.807) is 19.2 Å². The van der Waals surface area contributed by atoms with Gasteiger partial charge in [0, 0.05) is 19.6 Å². The second-order valence-corrected chi connectivity index (χ2v) is 4.07. The van der Waals surface area contributed by atoms with Crippen LogP contribution >= 0.6 is 0 Å². The predicted octanol–water partition coefficient (Wildman–Crippen LogP) is 0.744. The first-order valence-electron chi connectivity index (χ1n) is 5.63. The normalized spacial score (nSPS) is 26.4. The molecule has 0 radical (unpaired) electrons. The van der Waals surface area contributed by atoms with E-state index < -0.39 is 4.92 Å². The minimum Gasteiger partial charge on any atom is -0.479 e. The summed E-state index contributed by atoms with van der Waals surface area (Å²) in [5.41, 5.74) is 0. The zero-order chi connectivity index (χ0) is 13.1. The first kappa shape index (κ1) is 12.7.